The molecule has 0 N–H and O–H groups in total. The molecule has 0 aliphatic carbocycles. The van der Waals surface area contributed by atoms with E-state index in [9.17, 15) is 4.79 Å². The van der Waals surface area contributed by atoms with Crippen LogP contribution in [-0.2, 0) is 11.2 Å². The molecule has 13 heavy (non-hydrogen) atoms. The molecule has 1 heterocycles. The molecule has 0 fully saturated rings. The second-order valence-electron chi connectivity index (χ2n) is 3.04. The summed E-state index contributed by atoms with van der Waals surface area (Å²) in [6, 6.07) is 3.91. The molecule has 1 aliphatic heterocycles. The van der Waals surface area contributed by atoms with Gasteiger partial charge in [-0.25, -0.2) is 0 Å². The van der Waals surface area contributed by atoms with E-state index in [0.717, 1.165) is 21.8 Å². The van der Waals surface area contributed by atoms with Crippen LogP contribution in [0.3, 0.4) is 0 Å². The van der Waals surface area contributed by atoms with E-state index < -0.39 is 0 Å². The minimum Gasteiger partial charge on any atom is -0.496 e. The molecule has 68 valence electrons. The van der Waals surface area contributed by atoms with Gasteiger partial charge in [0.2, 0.25) is 0 Å². The molecule has 0 amide bonds. The number of thioether (sulfide) groups is 1. The molecule has 0 atom stereocenters. The average Bonchev–Trinajstić information content (AvgIpc) is 2.48. The van der Waals surface area contributed by atoms with Crippen molar-refractivity contribution in [2.24, 2.45) is 0 Å². The first-order valence-corrected chi connectivity index (χ1v) is 4.91. The fourth-order valence-electron chi connectivity index (χ4n) is 1.52. The molecule has 3 heteroatoms. The molecular formula is C10H10O2S. The Kier molecular flexibility index (Phi) is 2.04. The van der Waals surface area contributed by atoms with Crippen molar-refractivity contribution in [1.82, 2.24) is 0 Å². The lowest BCUT2D eigenvalue weighted by atomic mass is 10.1. The first kappa shape index (κ1) is 8.63. The van der Waals surface area contributed by atoms with E-state index in [2.05, 4.69) is 0 Å². The topological polar surface area (TPSA) is 26.3 Å². The first-order valence-electron chi connectivity index (χ1n) is 4.09. The highest BCUT2D eigenvalue weighted by molar-refractivity contribution is 8.14. The third-order valence-electron chi connectivity index (χ3n) is 2.17. The predicted octanol–water partition coefficient (Wildman–Crippen LogP) is 2.18. The van der Waals surface area contributed by atoms with Crippen LogP contribution >= 0.6 is 11.8 Å². The van der Waals surface area contributed by atoms with Crippen LogP contribution in [-0.4, -0.2) is 12.2 Å². The zero-order valence-electron chi connectivity index (χ0n) is 7.59. The summed E-state index contributed by atoms with van der Waals surface area (Å²) in [4.78, 5) is 12.3. The molecule has 0 saturated heterocycles. The van der Waals surface area contributed by atoms with E-state index in [4.69, 9.17) is 4.74 Å². The number of carbonyl (C=O) groups is 1. The van der Waals surface area contributed by atoms with Gasteiger partial charge in [-0.05, 0) is 18.6 Å². The first-order chi connectivity index (χ1) is 6.22. The number of carbonyl (C=O) groups excluding carboxylic acids is 1. The van der Waals surface area contributed by atoms with Crippen molar-refractivity contribution in [3.8, 4) is 5.75 Å². The Labute approximate surface area is 81.3 Å². The number of rotatable bonds is 1. The highest BCUT2D eigenvalue weighted by Crippen LogP contribution is 2.40. The van der Waals surface area contributed by atoms with Gasteiger partial charge in [-0.15, -0.1) is 0 Å². The summed E-state index contributed by atoms with van der Waals surface area (Å²) in [5, 5.41) is 0.211. The fourth-order valence-corrected chi connectivity index (χ4v) is 2.49. The van der Waals surface area contributed by atoms with Crippen molar-refractivity contribution < 1.29 is 9.53 Å². The zero-order chi connectivity index (χ0) is 9.42. The molecule has 0 spiro atoms. The minimum absolute atomic E-state index is 0.211. The Bertz CT molecular complexity index is 371. The maximum absolute atomic E-state index is 11.2. The molecule has 0 radical (unpaired) electrons. The lowest BCUT2D eigenvalue weighted by Crippen LogP contribution is -1.93. The fraction of sp³-hybridized carbons (Fsp3) is 0.300. The SMILES string of the molecule is COc1ccc(C)c2c1CC(=O)S2. The van der Waals surface area contributed by atoms with Crippen LogP contribution in [0, 0.1) is 6.92 Å². The summed E-state index contributed by atoms with van der Waals surface area (Å²) in [5.74, 6) is 0.832. The maximum atomic E-state index is 11.2. The highest BCUT2D eigenvalue weighted by atomic mass is 32.2. The Balaban J connectivity index is 2.58. The summed E-state index contributed by atoms with van der Waals surface area (Å²) in [6.45, 7) is 2.02. The summed E-state index contributed by atoms with van der Waals surface area (Å²) in [6.07, 6.45) is 0.505. The number of methoxy groups -OCH3 is 1. The van der Waals surface area contributed by atoms with Crippen LogP contribution in [0.15, 0.2) is 17.0 Å². The molecule has 2 nitrogen and oxygen atoms in total. The van der Waals surface area contributed by atoms with Gasteiger partial charge in [-0.2, -0.15) is 0 Å². The van der Waals surface area contributed by atoms with E-state index in [-0.39, 0.29) is 5.12 Å². The molecule has 0 aromatic heterocycles. The predicted molar refractivity (Wildman–Crippen MR) is 52.3 cm³/mol. The Morgan fingerprint density at radius 1 is 1.46 bits per heavy atom. The van der Waals surface area contributed by atoms with Gasteiger partial charge in [-0.3, -0.25) is 4.79 Å². The minimum atomic E-state index is 0.211. The number of aryl methyl sites for hydroxylation is 1. The van der Waals surface area contributed by atoms with E-state index in [1.807, 2.05) is 19.1 Å². The molecule has 0 unspecified atom stereocenters. The smallest absolute Gasteiger partial charge is 0.198 e. The van der Waals surface area contributed by atoms with Gasteiger partial charge >= 0.3 is 0 Å². The third kappa shape index (κ3) is 1.33. The highest BCUT2D eigenvalue weighted by Gasteiger charge is 2.24. The Morgan fingerprint density at radius 3 is 2.92 bits per heavy atom. The van der Waals surface area contributed by atoms with Gasteiger partial charge in [0, 0.05) is 16.9 Å². The molecule has 0 bridgehead atoms. The quantitative estimate of drug-likeness (QED) is 0.685. The van der Waals surface area contributed by atoms with E-state index in [1.54, 1.807) is 7.11 Å². The van der Waals surface area contributed by atoms with Crippen LogP contribution < -0.4 is 4.74 Å². The summed E-state index contributed by atoms with van der Waals surface area (Å²) >= 11 is 1.33. The standard InChI is InChI=1S/C10H10O2S/c1-6-3-4-8(12-2)7-5-9(11)13-10(6)7/h3-4H,5H2,1-2H3. The summed E-state index contributed by atoms with van der Waals surface area (Å²) < 4.78 is 5.19. The summed E-state index contributed by atoms with van der Waals surface area (Å²) in [5.41, 5.74) is 2.21. The van der Waals surface area contributed by atoms with Crippen LogP contribution in [0.4, 0.5) is 0 Å². The monoisotopic (exact) mass is 194 g/mol. The van der Waals surface area contributed by atoms with Crippen LogP contribution in [0.5, 0.6) is 5.75 Å². The average molecular weight is 194 g/mol. The maximum Gasteiger partial charge on any atom is 0.198 e. The van der Waals surface area contributed by atoms with Crippen molar-refractivity contribution in [1.29, 1.82) is 0 Å². The molecule has 1 aliphatic rings. The van der Waals surface area contributed by atoms with Gasteiger partial charge < -0.3 is 4.74 Å². The largest absolute Gasteiger partial charge is 0.496 e. The number of fused-ring (bicyclic) bond motifs is 1. The normalized spacial score (nSPS) is 14.5. The third-order valence-corrected chi connectivity index (χ3v) is 3.32. The number of hydrogen-bond donors (Lipinski definition) is 0. The Morgan fingerprint density at radius 2 is 2.23 bits per heavy atom. The van der Waals surface area contributed by atoms with Crippen LogP contribution in [0.25, 0.3) is 0 Å². The van der Waals surface area contributed by atoms with Crippen LogP contribution in [0.2, 0.25) is 0 Å². The summed E-state index contributed by atoms with van der Waals surface area (Å²) in [7, 11) is 1.64. The molecular weight excluding hydrogens is 184 g/mol. The van der Waals surface area contributed by atoms with Gasteiger partial charge in [0.15, 0.2) is 5.12 Å². The molecule has 1 aromatic rings. The van der Waals surface area contributed by atoms with Crippen LogP contribution in [0.1, 0.15) is 11.1 Å². The second kappa shape index (κ2) is 3.07. The zero-order valence-corrected chi connectivity index (χ0v) is 8.40. The Hall–Kier alpha value is -0.960. The lowest BCUT2D eigenvalue weighted by molar-refractivity contribution is -0.110. The number of benzene rings is 1. The lowest BCUT2D eigenvalue weighted by Gasteiger charge is -2.07. The van der Waals surface area contributed by atoms with Gasteiger partial charge in [0.1, 0.15) is 5.75 Å². The van der Waals surface area contributed by atoms with Crippen molar-refractivity contribution in [3.05, 3.63) is 23.3 Å². The van der Waals surface area contributed by atoms with Gasteiger partial charge in [0.25, 0.3) is 0 Å². The van der Waals surface area contributed by atoms with E-state index >= 15 is 0 Å². The van der Waals surface area contributed by atoms with Crippen molar-refractivity contribution >= 4 is 16.9 Å². The van der Waals surface area contributed by atoms with Gasteiger partial charge in [-0.1, -0.05) is 17.8 Å². The number of ether oxygens (including phenoxy) is 1. The second-order valence-corrected chi connectivity index (χ2v) is 4.11. The van der Waals surface area contributed by atoms with Gasteiger partial charge in [0.05, 0.1) is 7.11 Å². The number of hydrogen-bond acceptors (Lipinski definition) is 3. The molecule has 0 saturated carbocycles. The molecule has 1 aromatic carbocycles. The molecule has 2 rings (SSSR count). The van der Waals surface area contributed by atoms with Crippen molar-refractivity contribution in [2.75, 3.05) is 7.11 Å². The van der Waals surface area contributed by atoms with Crippen molar-refractivity contribution in [2.45, 2.75) is 18.2 Å². The van der Waals surface area contributed by atoms with Crippen molar-refractivity contribution in [3.63, 3.8) is 0 Å². The van der Waals surface area contributed by atoms with E-state index in [1.165, 1.54) is 11.8 Å². The van der Waals surface area contributed by atoms with E-state index in [0.29, 0.717) is 6.42 Å².